The van der Waals surface area contributed by atoms with Gasteiger partial charge in [0.1, 0.15) is 12.4 Å². The molecule has 2 rings (SSSR count). The second kappa shape index (κ2) is 6.89. The van der Waals surface area contributed by atoms with Crippen molar-refractivity contribution in [3.63, 3.8) is 0 Å². The molecule has 7 heteroatoms. The Morgan fingerprint density at radius 2 is 2.05 bits per heavy atom. The first kappa shape index (κ1) is 15.8. The van der Waals surface area contributed by atoms with Gasteiger partial charge in [0, 0.05) is 34.3 Å². The van der Waals surface area contributed by atoms with Gasteiger partial charge >= 0.3 is 0 Å². The average molecular weight is 372 g/mol. The SMILES string of the molecule is NCc1cccc(Cl)c1OCc1ccc([N+](=O)[O-])cc1Br. The number of nitrogens with zero attached hydrogens (tertiary/aromatic N) is 1. The molecule has 0 amide bonds. The smallest absolute Gasteiger partial charge is 0.270 e. The number of rotatable bonds is 5. The summed E-state index contributed by atoms with van der Waals surface area (Å²) in [4.78, 5) is 10.2. The summed E-state index contributed by atoms with van der Waals surface area (Å²) in [7, 11) is 0. The number of non-ortho nitro benzene ring substituents is 1. The molecule has 0 aliphatic carbocycles. The number of benzene rings is 2. The number of ether oxygens (including phenoxy) is 1. The fourth-order valence-corrected chi connectivity index (χ4v) is 2.52. The molecule has 0 bridgehead atoms. The number of para-hydroxylation sites is 1. The molecule has 0 aromatic heterocycles. The summed E-state index contributed by atoms with van der Waals surface area (Å²) in [5.41, 5.74) is 7.26. The highest BCUT2D eigenvalue weighted by Gasteiger charge is 2.11. The van der Waals surface area contributed by atoms with Gasteiger partial charge in [-0.25, -0.2) is 0 Å². The van der Waals surface area contributed by atoms with Crippen molar-refractivity contribution in [2.45, 2.75) is 13.2 Å². The first-order valence-electron chi connectivity index (χ1n) is 6.06. The lowest BCUT2D eigenvalue weighted by atomic mass is 10.2. The van der Waals surface area contributed by atoms with E-state index in [2.05, 4.69) is 15.9 Å². The van der Waals surface area contributed by atoms with Crippen LogP contribution >= 0.6 is 27.5 Å². The molecule has 0 spiro atoms. The third-order valence-corrected chi connectivity index (χ3v) is 3.92. The van der Waals surface area contributed by atoms with Crippen LogP contribution in [-0.2, 0) is 13.2 Å². The van der Waals surface area contributed by atoms with E-state index in [0.29, 0.717) is 21.8 Å². The van der Waals surface area contributed by atoms with Crippen molar-refractivity contribution in [2.75, 3.05) is 0 Å². The zero-order valence-corrected chi connectivity index (χ0v) is 13.2. The van der Waals surface area contributed by atoms with Crippen molar-refractivity contribution < 1.29 is 9.66 Å². The van der Waals surface area contributed by atoms with E-state index in [0.717, 1.165) is 11.1 Å². The zero-order chi connectivity index (χ0) is 15.4. The molecule has 0 heterocycles. The van der Waals surface area contributed by atoms with Gasteiger partial charge in [0.2, 0.25) is 0 Å². The molecule has 2 aromatic rings. The van der Waals surface area contributed by atoms with E-state index < -0.39 is 4.92 Å². The molecular formula is C14H12BrClN2O3. The van der Waals surface area contributed by atoms with Crippen LogP contribution in [0.15, 0.2) is 40.9 Å². The normalized spacial score (nSPS) is 10.4. The molecule has 5 nitrogen and oxygen atoms in total. The molecule has 110 valence electrons. The molecule has 0 atom stereocenters. The van der Waals surface area contributed by atoms with Crippen molar-refractivity contribution in [1.29, 1.82) is 0 Å². The number of hydrogen-bond acceptors (Lipinski definition) is 4. The van der Waals surface area contributed by atoms with E-state index >= 15 is 0 Å². The van der Waals surface area contributed by atoms with Crippen molar-refractivity contribution in [1.82, 2.24) is 0 Å². The molecule has 0 unspecified atom stereocenters. The van der Waals surface area contributed by atoms with Gasteiger partial charge in [-0.2, -0.15) is 0 Å². The summed E-state index contributed by atoms with van der Waals surface area (Å²) in [6.45, 7) is 0.548. The van der Waals surface area contributed by atoms with Crippen LogP contribution < -0.4 is 10.5 Å². The number of halogens is 2. The molecule has 2 aromatic carbocycles. The van der Waals surface area contributed by atoms with E-state index in [-0.39, 0.29) is 12.3 Å². The summed E-state index contributed by atoms with van der Waals surface area (Å²) in [6.07, 6.45) is 0. The predicted molar refractivity (Wildman–Crippen MR) is 84.5 cm³/mol. The van der Waals surface area contributed by atoms with Crippen LogP contribution in [0.2, 0.25) is 5.02 Å². The number of hydrogen-bond donors (Lipinski definition) is 1. The molecule has 0 aliphatic heterocycles. The van der Waals surface area contributed by atoms with Gasteiger partial charge in [-0.05, 0) is 12.1 Å². The van der Waals surface area contributed by atoms with Crippen molar-refractivity contribution in [3.8, 4) is 5.75 Å². The summed E-state index contributed by atoms with van der Waals surface area (Å²) >= 11 is 9.40. The van der Waals surface area contributed by atoms with Crippen molar-refractivity contribution in [3.05, 3.63) is 67.1 Å². The van der Waals surface area contributed by atoms with Gasteiger partial charge in [-0.3, -0.25) is 10.1 Å². The predicted octanol–water partition coefficient (Wildman–Crippen LogP) is 4.05. The molecule has 0 saturated carbocycles. The van der Waals surface area contributed by atoms with Crippen LogP contribution in [-0.4, -0.2) is 4.92 Å². The van der Waals surface area contributed by atoms with Gasteiger partial charge in [0.15, 0.2) is 0 Å². The topological polar surface area (TPSA) is 78.4 Å². The average Bonchev–Trinajstić information content (AvgIpc) is 2.46. The largest absolute Gasteiger partial charge is 0.487 e. The maximum absolute atomic E-state index is 10.7. The maximum Gasteiger partial charge on any atom is 0.270 e. The highest BCUT2D eigenvalue weighted by Crippen LogP contribution is 2.30. The fraction of sp³-hybridized carbons (Fsp3) is 0.143. The number of nitrogens with two attached hydrogens (primary N) is 1. The lowest BCUT2D eigenvalue weighted by molar-refractivity contribution is -0.384. The monoisotopic (exact) mass is 370 g/mol. The summed E-state index contributed by atoms with van der Waals surface area (Å²) in [5.74, 6) is 0.534. The highest BCUT2D eigenvalue weighted by atomic mass is 79.9. The van der Waals surface area contributed by atoms with E-state index in [9.17, 15) is 10.1 Å². The Morgan fingerprint density at radius 1 is 1.29 bits per heavy atom. The van der Waals surface area contributed by atoms with E-state index in [4.69, 9.17) is 22.1 Å². The third-order valence-electron chi connectivity index (χ3n) is 2.89. The Labute approximate surface area is 134 Å². The van der Waals surface area contributed by atoms with Gasteiger partial charge in [0.25, 0.3) is 5.69 Å². The van der Waals surface area contributed by atoms with Gasteiger partial charge in [-0.15, -0.1) is 0 Å². The molecule has 2 N–H and O–H groups in total. The summed E-state index contributed by atoms with van der Waals surface area (Å²) in [6, 6.07) is 9.88. The van der Waals surface area contributed by atoms with Crippen molar-refractivity contribution in [2.24, 2.45) is 5.73 Å². The third kappa shape index (κ3) is 3.72. The summed E-state index contributed by atoms with van der Waals surface area (Å²) in [5, 5.41) is 11.2. The Bertz CT molecular complexity index is 679. The highest BCUT2D eigenvalue weighted by molar-refractivity contribution is 9.10. The molecule has 0 fully saturated rings. The van der Waals surface area contributed by atoms with Crippen molar-refractivity contribution >= 4 is 33.2 Å². The maximum atomic E-state index is 10.7. The Balaban J connectivity index is 2.19. The summed E-state index contributed by atoms with van der Waals surface area (Å²) < 4.78 is 6.32. The number of nitro groups is 1. The van der Waals surface area contributed by atoms with E-state index in [1.54, 1.807) is 18.2 Å². The van der Waals surface area contributed by atoms with Crippen LogP contribution in [0.4, 0.5) is 5.69 Å². The molecule has 21 heavy (non-hydrogen) atoms. The van der Waals surface area contributed by atoms with Crippen LogP contribution in [0.25, 0.3) is 0 Å². The number of nitro benzene ring substituents is 1. The molecule has 0 radical (unpaired) electrons. The zero-order valence-electron chi connectivity index (χ0n) is 10.9. The van der Waals surface area contributed by atoms with E-state index in [1.165, 1.54) is 12.1 Å². The molecule has 0 saturated heterocycles. The molecule has 0 aliphatic rings. The van der Waals surface area contributed by atoms with Crippen LogP contribution in [0.5, 0.6) is 5.75 Å². The lowest BCUT2D eigenvalue weighted by Gasteiger charge is -2.13. The quantitative estimate of drug-likeness (QED) is 0.635. The first-order valence-corrected chi connectivity index (χ1v) is 7.23. The van der Waals surface area contributed by atoms with Crippen LogP contribution in [0.3, 0.4) is 0 Å². The Hall–Kier alpha value is -1.63. The van der Waals surface area contributed by atoms with Crippen LogP contribution in [0.1, 0.15) is 11.1 Å². The van der Waals surface area contributed by atoms with E-state index in [1.807, 2.05) is 6.07 Å². The minimum Gasteiger partial charge on any atom is -0.487 e. The van der Waals surface area contributed by atoms with Gasteiger partial charge < -0.3 is 10.5 Å². The van der Waals surface area contributed by atoms with Gasteiger partial charge in [-0.1, -0.05) is 39.7 Å². The van der Waals surface area contributed by atoms with Crippen LogP contribution in [0, 0.1) is 10.1 Å². The molecular weight excluding hydrogens is 360 g/mol. The second-order valence-corrected chi connectivity index (χ2v) is 5.52. The first-order chi connectivity index (χ1) is 10.0. The lowest BCUT2D eigenvalue weighted by Crippen LogP contribution is -2.04. The fourth-order valence-electron chi connectivity index (χ4n) is 1.79. The minimum atomic E-state index is -0.448. The minimum absolute atomic E-state index is 0.0195. The Kier molecular flexibility index (Phi) is 5.17. The second-order valence-electron chi connectivity index (χ2n) is 4.25. The van der Waals surface area contributed by atoms with Gasteiger partial charge in [0.05, 0.1) is 9.95 Å². The standard InChI is InChI=1S/C14H12BrClN2O3/c15-12-6-11(18(19)20)5-4-10(12)8-21-14-9(7-17)2-1-3-13(14)16/h1-6H,7-8,17H2. The Morgan fingerprint density at radius 3 is 2.67 bits per heavy atom.